The predicted molar refractivity (Wildman–Crippen MR) is 105 cm³/mol. The van der Waals surface area contributed by atoms with Gasteiger partial charge < -0.3 is 10.4 Å². The lowest BCUT2D eigenvalue weighted by atomic mass is 10.2. The van der Waals surface area contributed by atoms with Crippen LogP contribution in [0.3, 0.4) is 0 Å². The number of carbonyl (C=O) groups excluding carboxylic acids is 3. The number of hydrogen-bond acceptors (Lipinski definition) is 7. The fraction of sp³-hybridized carbons (Fsp3) is 0.333. The van der Waals surface area contributed by atoms with Crippen molar-refractivity contribution in [1.82, 2.24) is 10.2 Å². The average molecular weight is 421 g/mol. The smallest absolute Gasteiger partial charge is 0.303 e. The Bertz CT molecular complexity index is 852. The first-order chi connectivity index (χ1) is 13.8. The van der Waals surface area contributed by atoms with Crippen LogP contribution in [0.1, 0.15) is 31.2 Å². The van der Waals surface area contributed by atoms with Crippen LogP contribution in [0.25, 0.3) is 6.08 Å². The van der Waals surface area contributed by atoms with Crippen molar-refractivity contribution in [3.05, 3.63) is 44.8 Å². The van der Waals surface area contributed by atoms with Crippen molar-refractivity contribution in [2.75, 3.05) is 13.1 Å². The maximum atomic E-state index is 12.4. The molecule has 0 saturated carbocycles. The number of unbranched alkanes of at least 4 members (excludes halogenated alkanes) is 2. The highest BCUT2D eigenvalue weighted by molar-refractivity contribution is 8.18. The first-order valence-corrected chi connectivity index (χ1v) is 9.58. The molecule has 2 rings (SSSR count). The molecule has 1 fully saturated rings. The van der Waals surface area contributed by atoms with Crippen LogP contribution < -0.4 is 5.32 Å². The predicted octanol–water partition coefficient (Wildman–Crippen LogP) is 2.39. The Kier molecular flexibility index (Phi) is 7.89. The molecule has 1 aliphatic heterocycles. The molecule has 0 aromatic heterocycles. The van der Waals surface area contributed by atoms with Crippen molar-refractivity contribution < 1.29 is 29.2 Å². The molecule has 1 aromatic rings. The van der Waals surface area contributed by atoms with Gasteiger partial charge in [-0.3, -0.25) is 34.2 Å². The van der Waals surface area contributed by atoms with Crippen LogP contribution in [-0.4, -0.2) is 51.0 Å². The first kappa shape index (κ1) is 22.1. The summed E-state index contributed by atoms with van der Waals surface area (Å²) in [4.78, 5) is 57.9. The molecule has 0 aliphatic carbocycles. The van der Waals surface area contributed by atoms with Gasteiger partial charge in [-0.05, 0) is 48.4 Å². The second-order valence-electron chi connectivity index (χ2n) is 6.17. The summed E-state index contributed by atoms with van der Waals surface area (Å²) in [5.74, 6) is -1.95. The van der Waals surface area contributed by atoms with Crippen molar-refractivity contribution in [2.24, 2.45) is 0 Å². The van der Waals surface area contributed by atoms with E-state index in [0.29, 0.717) is 43.1 Å². The summed E-state index contributed by atoms with van der Waals surface area (Å²) in [5.41, 5.74) is 0.432. The lowest BCUT2D eigenvalue weighted by molar-refractivity contribution is -0.384. The van der Waals surface area contributed by atoms with Crippen LogP contribution in [0.15, 0.2) is 29.2 Å². The van der Waals surface area contributed by atoms with Crippen molar-refractivity contribution in [3.8, 4) is 0 Å². The van der Waals surface area contributed by atoms with E-state index in [0.717, 1.165) is 4.90 Å². The Balaban J connectivity index is 1.85. The monoisotopic (exact) mass is 421 g/mol. The van der Waals surface area contributed by atoms with E-state index >= 15 is 0 Å². The lowest BCUT2D eigenvalue weighted by Gasteiger charge is -2.12. The molecule has 1 aromatic carbocycles. The molecule has 0 atom stereocenters. The van der Waals surface area contributed by atoms with Gasteiger partial charge in [-0.1, -0.05) is 6.42 Å². The van der Waals surface area contributed by atoms with E-state index in [1.807, 2.05) is 0 Å². The third-order valence-electron chi connectivity index (χ3n) is 3.97. The minimum absolute atomic E-state index is 0.0752. The number of amides is 3. The molecule has 11 heteroatoms. The van der Waals surface area contributed by atoms with E-state index in [9.17, 15) is 29.3 Å². The van der Waals surface area contributed by atoms with E-state index < -0.39 is 34.5 Å². The Morgan fingerprint density at radius 3 is 2.48 bits per heavy atom. The fourth-order valence-electron chi connectivity index (χ4n) is 2.49. The zero-order valence-electron chi connectivity index (χ0n) is 15.3. The first-order valence-electron chi connectivity index (χ1n) is 8.76. The maximum absolute atomic E-state index is 12.4. The number of nitro benzene ring substituents is 1. The molecule has 0 bridgehead atoms. The van der Waals surface area contributed by atoms with Gasteiger partial charge in [0, 0.05) is 25.1 Å². The van der Waals surface area contributed by atoms with Gasteiger partial charge >= 0.3 is 5.97 Å². The molecule has 3 amide bonds. The lowest BCUT2D eigenvalue weighted by Crippen LogP contribution is -2.39. The summed E-state index contributed by atoms with van der Waals surface area (Å²) < 4.78 is 0. The Morgan fingerprint density at radius 1 is 1.17 bits per heavy atom. The molecule has 1 saturated heterocycles. The third-order valence-corrected chi connectivity index (χ3v) is 4.87. The minimum Gasteiger partial charge on any atom is -0.481 e. The standard InChI is InChI=1S/C18H19N3O7S/c22-15(19-9-3-1-2-4-16(23)24)11-20-17(25)14(29-18(20)26)10-12-5-7-13(8-6-12)21(27)28/h5-8,10H,1-4,9,11H2,(H,19,22)(H,23,24)/b14-10-. The third kappa shape index (κ3) is 6.71. The molecule has 154 valence electrons. The summed E-state index contributed by atoms with van der Waals surface area (Å²) >= 11 is 0.696. The molecule has 29 heavy (non-hydrogen) atoms. The molecular formula is C18H19N3O7S. The average Bonchev–Trinajstić information content (AvgIpc) is 2.92. The van der Waals surface area contributed by atoms with Gasteiger partial charge in [-0.2, -0.15) is 0 Å². The Hall–Kier alpha value is -3.21. The van der Waals surface area contributed by atoms with Gasteiger partial charge in [0.2, 0.25) is 5.91 Å². The number of carbonyl (C=O) groups is 4. The fourth-order valence-corrected chi connectivity index (χ4v) is 3.32. The highest BCUT2D eigenvalue weighted by atomic mass is 32.2. The van der Waals surface area contributed by atoms with Gasteiger partial charge in [-0.15, -0.1) is 0 Å². The number of hydrogen-bond donors (Lipinski definition) is 2. The van der Waals surface area contributed by atoms with Crippen LogP contribution >= 0.6 is 11.8 Å². The normalized spacial score (nSPS) is 15.0. The van der Waals surface area contributed by atoms with Gasteiger partial charge in [-0.25, -0.2) is 0 Å². The summed E-state index contributed by atoms with van der Waals surface area (Å²) in [6.07, 6.45) is 3.27. The molecule has 0 radical (unpaired) electrons. The molecule has 0 spiro atoms. The zero-order valence-corrected chi connectivity index (χ0v) is 16.1. The van der Waals surface area contributed by atoms with E-state index in [-0.39, 0.29) is 17.0 Å². The summed E-state index contributed by atoms with van der Waals surface area (Å²) in [7, 11) is 0. The topological polar surface area (TPSA) is 147 Å². The Morgan fingerprint density at radius 2 is 1.86 bits per heavy atom. The Labute approximate surface area is 170 Å². The summed E-state index contributed by atoms with van der Waals surface area (Å²) in [6.45, 7) is -0.0787. The van der Waals surface area contributed by atoms with Crippen LogP contribution in [-0.2, 0) is 14.4 Å². The summed E-state index contributed by atoms with van der Waals surface area (Å²) in [6, 6.07) is 5.51. The second kappa shape index (κ2) is 10.4. The number of aliphatic carboxylic acids is 1. The van der Waals surface area contributed by atoms with E-state index in [2.05, 4.69) is 5.32 Å². The van der Waals surface area contributed by atoms with Gasteiger partial charge in [0.15, 0.2) is 0 Å². The maximum Gasteiger partial charge on any atom is 0.303 e. The van der Waals surface area contributed by atoms with Gasteiger partial charge in [0.05, 0.1) is 9.83 Å². The molecule has 0 unspecified atom stereocenters. The number of non-ortho nitro benzene ring substituents is 1. The minimum atomic E-state index is -0.866. The van der Waals surface area contributed by atoms with Crippen molar-refractivity contribution in [2.45, 2.75) is 25.7 Å². The van der Waals surface area contributed by atoms with E-state index in [1.165, 1.54) is 30.3 Å². The number of benzene rings is 1. The number of nitrogens with one attached hydrogen (secondary N) is 1. The highest BCUT2D eigenvalue weighted by Crippen LogP contribution is 2.32. The second-order valence-corrected chi connectivity index (χ2v) is 7.16. The zero-order chi connectivity index (χ0) is 21.4. The highest BCUT2D eigenvalue weighted by Gasteiger charge is 2.36. The van der Waals surface area contributed by atoms with Gasteiger partial charge in [0.25, 0.3) is 16.8 Å². The largest absolute Gasteiger partial charge is 0.481 e. The van der Waals surface area contributed by atoms with Crippen LogP contribution in [0.5, 0.6) is 0 Å². The number of rotatable bonds is 10. The number of carboxylic acid groups (broad SMARTS) is 1. The molecule has 1 heterocycles. The quantitative estimate of drug-likeness (QED) is 0.253. The number of thioether (sulfide) groups is 1. The van der Waals surface area contributed by atoms with Crippen molar-refractivity contribution >= 4 is 46.5 Å². The van der Waals surface area contributed by atoms with Gasteiger partial charge in [0.1, 0.15) is 6.54 Å². The molecular weight excluding hydrogens is 402 g/mol. The van der Waals surface area contributed by atoms with E-state index in [1.54, 1.807) is 0 Å². The number of nitrogens with zero attached hydrogens (tertiary/aromatic N) is 2. The van der Waals surface area contributed by atoms with Crippen LogP contribution in [0.2, 0.25) is 0 Å². The SMILES string of the molecule is O=C(O)CCCCCNC(=O)CN1C(=O)S/C(=C\c2ccc([N+](=O)[O-])cc2)C1=O. The van der Waals surface area contributed by atoms with Crippen LogP contribution in [0, 0.1) is 10.1 Å². The molecule has 1 aliphatic rings. The number of imide groups is 1. The summed E-state index contributed by atoms with van der Waals surface area (Å²) in [5, 5.41) is 21.2. The van der Waals surface area contributed by atoms with Crippen molar-refractivity contribution in [1.29, 1.82) is 0 Å². The number of carboxylic acids is 1. The van der Waals surface area contributed by atoms with Crippen LogP contribution in [0.4, 0.5) is 10.5 Å². The van der Waals surface area contributed by atoms with E-state index in [4.69, 9.17) is 5.11 Å². The van der Waals surface area contributed by atoms with Crippen molar-refractivity contribution in [3.63, 3.8) is 0 Å². The molecule has 2 N–H and O–H groups in total. The number of nitro groups is 1. The molecule has 10 nitrogen and oxygen atoms in total.